The molecule has 0 unspecified atom stereocenters. The van der Waals surface area contributed by atoms with Crippen molar-refractivity contribution in [2.75, 3.05) is 0 Å². The van der Waals surface area contributed by atoms with E-state index >= 15 is 0 Å². The lowest BCUT2D eigenvalue weighted by atomic mass is 10.0. The monoisotopic (exact) mass is 218 g/mol. The van der Waals surface area contributed by atoms with Gasteiger partial charge in [-0.3, -0.25) is 10.2 Å². The van der Waals surface area contributed by atoms with E-state index in [0.717, 1.165) is 27.9 Å². The summed E-state index contributed by atoms with van der Waals surface area (Å²) in [6.45, 7) is 5.92. The first-order valence-corrected chi connectivity index (χ1v) is 5.02. The standard InChI is InChI=1S/C11H14N4O/c1-5-6(2)9-8(11(16)15-12)4-13-10(9)14-7(5)3/h4H,12H2,1-3H3,(H,13,14)(H,15,16). The van der Waals surface area contributed by atoms with Gasteiger partial charge >= 0.3 is 0 Å². The molecule has 0 atom stereocenters. The Morgan fingerprint density at radius 2 is 2.06 bits per heavy atom. The maximum atomic E-state index is 11.6. The number of hydrazine groups is 1. The predicted molar refractivity (Wildman–Crippen MR) is 62.0 cm³/mol. The number of hydrogen-bond acceptors (Lipinski definition) is 3. The van der Waals surface area contributed by atoms with E-state index in [0.29, 0.717) is 5.56 Å². The number of aryl methyl sites for hydroxylation is 2. The van der Waals surface area contributed by atoms with E-state index in [-0.39, 0.29) is 5.91 Å². The van der Waals surface area contributed by atoms with Gasteiger partial charge in [-0.15, -0.1) is 0 Å². The van der Waals surface area contributed by atoms with Crippen molar-refractivity contribution in [1.29, 1.82) is 0 Å². The van der Waals surface area contributed by atoms with Crippen LogP contribution >= 0.6 is 0 Å². The van der Waals surface area contributed by atoms with Crippen LogP contribution in [0.25, 0.3) is 11.0 Å². The molecule has 2 rings (SSSR count). The lowest BCUT2D eigenvalue weighted by molar-refractivity contribution is 0.0955. The van der Waals surface area contributed by atoms with Gasteiger partial charge in [0.2, 0.25) is 0 Å². The smallest absolute Gasteiger partial charge is 0.267 e. The molecular weight excluding hydrogens is 204 g/mol. The molecule has 0 fully saturated rings. The Morgan fingerprint density at radius 1 is 1.38 bits per heavy atom. The third kappa shape index (κ3) is 1.37. The normalized spacial score (nSPS) is 10.8. The third-order valence-electron chi connectivity index (χ3n) is 2.99. The summed E-state index contributed by atoms with van der Waals surface area (Å²) >= 11 is 0. The second-order valence-electron chi connectivity index (χ2n) is 3.85. The molecule has 84 valence electrons. The number of nitrogens with two attached hydrogens (primary N) is 1. The van der Waals surface area contributed by atoms with Gasteiger partial charge in [0, 0.05) is 17.3 Å². The molecule has 0 aliphatic heterocycles. The molecule has 2 aromatic heterocycles. The first-order chi connectivity index (χ1) is 7.56. The van der Waals surface area contributed by atoms with E-state index < -0.39 is 0 Å². The van der Waals surface area contributed by atoms with Crippen LogP contribution in [0.4, 0.5) is 0 Å². The van der Waals surface area contributed by atoms with Crippen molar-refractivity contribution in [2.45, 2.75) is 20.8 Å². The number of carbonyl (C=O) groups is 1. The van der Waals surface area contributed by atoms with Gasteiger partial charge in [-0.25, -0.2) is 10.8 Å². The minimum absolute atomic E-state index is 0.306. The summed E-state index contributed by atoms with van der Waals surface area (Å²) in [6, 6.07) is 0. The summed E-state index contributed by atoms with van der Waals surface area (Å²) in [7, 11) is 0. The molecule has 4 N–H and O–H groups in total. The molecule has 5 nitrogen and oxygen atoms in total. The average Bonchev–Trinajstić information content (AvgIpc) is 2.68. The molecule has 0 spiro atoms. The molecule has 2 heterocycles. The van der Waals surface area contributed by atoms with Crippen LogP contribution in [0.15, 0.2) is 6.20 Å². The molecule has 1 amide bonds. The van der Waals surface area contributed by atoms with Crippen LogP contribution < -0.4 is 11.3 Å². The molecule has 5 heteroatoms. The van der Waals surface area contributed by atoms with Crippen molar-refractivity contribution < 1.29 is 4.79 Å². The van der Waals surface area contributed by atoms with E-state index in [1.807, 2.05) is 20.8 Å². The van der Waals surface area contributed by atoms with Crippen LogP contribution in [0.1, 0.15) is 27.2 Å². The lowest BCUT2D eigenvalue weighted by Gasteiger charge is -2.06. The lowest BCUT2D eigenvalue weighted by Crippen LogP contribution is -2.29. The van der Waals surface area contributed by atoms with Crippen molar-refractivity contribution in [1.82, 2.24) is 15.4 Å². The summed E-state index contributed by atoms with van der Waals surface area (Å²) in [4.78, 5) is 18.9. The number of rotatable bonds is 1. The SMILES string of the molecule is Cc1nc2[nH]cc(C(=O)NN)c2c(C)c1C. The second kappa shape index (κ2) is 3.61. The van der Waals surface area contributed by atoms with Gasteiger partial charge in [-0.2, -0.15) is 0 Å². The maximum absolute atomic E-state index is 11.6. The summed E-state index contributed by atoms with van der Waals surface area (Å²) < 4.78 is 0. The summed E-state index contributed by atoms with van der Waals surface area (Å²) in [5.74, 6) is 4.83. The number of nitrogen functional groups attached to an aromatic ring is 1. The minimum Gasteiger partial charge on any atom is -0.345 e. The van der Waals surface area contributed by atoms with Crippen LogP contribution in [-0.2, 0) is 0 Å². The van der Waals surface area contributed by atoms with Crippen LogP contribution in [0.2, 0.25) is 0 Å². The number of H-pyrrole nitrogens is 1. The van der Waals surface area contributed by atoms with Gasteiger partial charge in [-0.05, 0) is 31.9 Å². The Morgan fingerprint density at radius 3 is 2.69 bits per heavy atom. The van der Waals surface area contributed by atoms with Gasteiger partial charge in [-0.1, -0.05) is 0 Å². The van der Waals surface area contributed by atoms with Crippen LogP contribution in [0.5, 0.6) is 0 Å². The molecule has 16 heavy (non-hydrogen) atoms. The zero-order valence-electron chi connectivity index (χ0n) is 9.51. The molecule has 0 aromatic carbocycles. The molecule has 0 radical (unpaired) electrons. The fraction of sp³-hybridized carbons (Fsp3) is 0.273. The zero-order valence-corrected chi connectivity index (χ0v) is 9.51. The summed E-state index contributed by atoms with van der Waals surface area (Å²) in [5, 5.41) is 0.839. The Kier molecular flexibility index (Phi) is 2.40. The van der Waals surface area contributed by atoms with Crippen LogP contribution in [-0.4, -0.2) is 15.9 Å². The average molecular weight is 218 g/mol. The van der Waals surface area contributed by atoms with Crippen LogP contribution in [0.3, 0.4) is 0 Å². The van der Waals surface area contributed by atoms with Crippen molar-refractivity contribution in [3.63, 3.8) is 0 Å². The minimum atomic E-state index is -0.306. The van der Waals surface area contributed by atoms with Gasteiger partial charge in [0.25, 0.3) is 5.91 Å². The van der Waals surface area contributed by atoms with Crippen molar-refractivity contribution in [3.8, 4) is 0 Å². The fourth-order valence-corrected chi connectivity index (χ4v) is 1.85. The third-order valence-corrected chi connectivity index (χ3v) is 2.99. The number of pyridine rings is 1. The highest BCUT2D eigenvalue weighted by molar-refractivity contribution is 6.07. The van der Waals surface area contributed by atoms with Crippen molar-refractivity contribution in [2.24, 2.45) is 5.84 Å². The van der Waals surface area contributed by atoms with E-state index in [4.69, 9.17) is 5.84 Å². The number of hydrogen-bond donors (Lipinski definition) is 3. The number of amides is 1. The highest BCUT2D eigenvalue weighted by Gasteiger charge is 2.15. The molecule has 0 saturated heterocycles. The molecule has 2 aromatic rings. The number of aromatic nitrogens is 2. The summed E-state index contributed by atoms with van der Waals surface area (Å²) in [6.07, 6.45) is 1.63. The van der Waals surface area contributed by atoms with Crippen molar-refractivity contribution in [3.05, 3.63) is 28.6 Å². The van der Waals surface area contributed by atoms with Gasteiger partial charge < -0.3 is 4.98 Å². The molecular formula is C11H14N4O. The van der Waals surface area contributed by atoms with E-state index in [2.05, 4.69) is 15.4 Å². The van der Waals surface area contributed by atoms with Gasteiger partial charge in [0.05, 0.1) is 5.56 Å². The highest BCUT2D eigenvalue weighted by atomic mass is 16.2. The number of nitrogens with one attached hydrogen (secondary N) is 2. The Balaban J connectivity index is 2.81. The Labute approximate surface area is 93.0 Å². The molecule has 0 bridgehead atoms. The van der Waals surface area contributed by atoms with E-state index in [1.54, 1.807) is 6.20 Å². The maximum Gasteiger partial charge on any atom is 0.267 e. The van der Waals surface area contributed by atoms with E-state index in [9.17, 15) is 4.79 Å². The Hall–Kier alpha value is -1.88. The first kappa shape index (κ1) is 10.6. The predicted octanol–water partition coefficient (Wildman–Crippen LogP) is 1.09. The van der Waals surface area contributed by atoms with Crippen molar-refractivity contribution >= 4 is 16.9 Å². The second-order valence-corrected chi connectivity index (χ2v) is 3.85. The van der Waals surface area contributed by atoms with Gasteiger partial charge in [0.15, 0.2) is 0 Å². The number of carbonyl (C=O) groups excluding carboxylic acids is 1. The van der Waals surface area contributed by atoms with E-state index in [1.165, 1.54) is 0 Å². The molecule has 0 aliphatic carbocycles. The Bertz CT molecular complexity index is 571. The van der Waals surface area contributed by atoms with Crippen LogP contribution in [0, 0.1) is 20.8 Å². The quantitative estimate of drug-likeness (QED) is 0.380. The topological polar surface area (TPSA) is 83.8 Å². The number of nitrogens with zero attached hydrogens (tertiary/aromatic N) is 1. The highest BCUT2D eigenvalue weighted by Crippen LogP contribution is 2.24. The summed E-state index contributed by atoms with van der Waals surface area (Å²) in [5.41, 5.74) is 6.51. The molecule has 0 saturated carbocycles. The first-order valence-electron chi connectivity index (χ1n) is 5.02. The number of fused-ring (bicyclic) bond motifs is 1. The fourth-order valence-electron chi connectivity index (χ4n) is 1.85. The largest absolute Gasteiger partial charge is 0.345 e. The molecule has 0 aliphatic rings. The number of aromatic amines is 1. The zero-order chi connectivity index (χ0) is 11.9. The van der Waals surface area contributed by atoms with Gasteiger partial charge in [0.1, 0.15) is 5.65 Å².